The maximum absolute atomic E-state index is 12.2. The first-order valence-corrected chi connectivity index (χ1v) is 7.23. The molecule has 4 heteroatoms. The zero-order chi connectivity index (χ0) is 14.0. The van der Waals surface area contributed by atoms with Crippen LogP contribution >= 0.6 is 15.9 Å². The van der Waals surface area contributed by atoms with Gasteiger partial charge in [-0.1, -0.05) is 53.2 Å². The van der Waals surface area contributed by atoms with Gasteiger partial charge in [-0.2, -0.15) is 0 Å². The van der Waals surface area contributed by atoms with Crippen LogP contribution in [0.5, 0.6) is 0 Å². The predicted molar refractivity (Wildman–Crippen MR) is 78.7 cm³/mol. The molecule has 0 spiro atoms. The molecule has 1 aliphatic heterocycles. The smallest absolute Gasteiger partial charge is 0.289 e. The summed E-state index contributed by atoms with van der Waals surface area (Å²) in [4.78, 5) is 14.0. The van der Waals surface area contributed by atoms with E-state index in [1.807, 2.05) is 51.2 Å². The number of ether oxygens (including phenoxy) is 1. The lowest BCUT2D eigenvalue weighted by Gasteiger charge is -2.38. The van der Waals surface area contributed by atoms with E-state index < -0.39 is 0 Å². The van der Waals surface area contributed by atoms with E-state index in [1.54, 1.807) is 4.90 Å². The monoisotopic (exact) mass is 323 g/mol. The minimum atomic E-state index is -0.127. The van der Waals surface area contributed by atoms with Gasteiger partial charge in [0.25, 0.3) is 5.91 Å². The van der Waals surface area contributed by atoms with Crippen molar-refractivity contribution in [2.45, 2.75) is 32.4 Å². The Bertz CT molecular complexity index is 498. The number of hydrogen-bond donors (Lipinski definition) is 0. The quantitative estimate of drug-likeness (QED) is 0.778. The molecule has 0 N–H and O–H groups in total. The summed E-state index contributed by atoms with van der Waals surface area (Å²) in [6.07, 6.45) is 0.614. The van der Waals surface area contributed by atoms with Crippen molar-refractivity contribution < 1.29 is 9.53 Å². The molecule has 0 aliphatic carbocycles. The molecule has 0 unspecified atom stereocenters. The van der Waals surface area contributed by atoms with Gasteiger partial charge in [-0.05, 0) is 18.9 Å². The number of hydrogen-bond acceptors (Lipinski definition) is 2. The maximum Gasteiger partial charge on any atom is 0.289 e. The minimum absolute atomic E-state index is 0.0100. The molecule has 1 fully saturated rings. The summed E-state index contributed by atoms with van der Waals surface area (Å²) in [5.41, 5.74) is 1.09. The van der Waals surface area contributed by atoms with Gasteiger partial charge in [0.2, 0.25) is 0 Å². The summed E-state index contributed by atoms with van der Waals surface area (Å²) in [5.74, 6) is 0.366. The van der Waals surface area contributed by atoms with E-state index in [-0.39, 0.29) is 18.1 Å². The number of rotatable bonds is 2. The summed E-state index contributed by atoms with van der Waals surface area (Å²) in [6, 6.07) is 10.0. The fraction of sp³-hybridized carbons (Fsp3) is 0.400. The fourth-order valence-electron chi connectivity index (χ4n) is 2.15. The van der Waals surface area contributed by atoms with E-state index in [1.165, 1.54) is 0 Å². The largest absolute Gasteiger partial charge is 0.477 e. The average molecular weight is 324 g/mol. The zero-order valence-electron chi connectivity index (χ0n) is 11.4. The van der Waals surface area contributed by atoms with Crippen molar-refractivity contribution in [1.29, 1.82) is 0 Å². The number of carbonyl (C=O) groups is 1. The Morgan fingerprint density at radius 2 is 2.00 bits per heavy atom. The van der Waals surface area contributed by atoms with Gasteiger partial charge in [-0.15, -0.1) is 0 Å². The number of halogens is 1. The molecule has 1 amide bonds. The van der Waals surface area contributed by atoms with Crippen LogP contribution in [-0.4, -0.2) is 23.9 Å². The second-order valence-electron chi connectivity index (χ2n) is 4.69. The van der Waals surface area contributed by atoms with Crippen LogP contribution in [0.4, 0.5) is 0 Å². The predicted octanol–water partition coefficient (Wildman–Crippen LogP) is 3.62. The summed E-state index contributed by atoms with van der Waals surface area (Å²) >= 11 is 3.43. The van der Waals surface area contributed by atoms with Crippen molar-refractivity contribution in [3.8, 4) is 0 Å². The molecule has 1 saturated heterocycles. The van der Waals surface area contributed by atoms with E-state index in [2.05, 4.69) is 15.9 Å². The van der Waals surface area contributed by atoms with Crippen molar-refractivity contribution in [3.63, 3.8) is 0 Å². The molecule has 2 atom stereocenters. The van der Waals surface area contributed by atoms with Crippen LogP contribution < -0.4 is 0 Å². The Morgan fingerprint density at radius 3 is 2.58 bits per heavy atom. The number of likely N-dealkylation sites (N-methyl/N-ethyl adjacent to an activating group) is 1. The third kappa shape index (κ3) is 2.68. The number of carbonyl (C=O) groups excluding carboxylic acids is 1. The molecule has 1 aliphatic rings. The summed E-state index contributed by atoms with van der Waals surface area (Å²) in [5, 5.41) is 0. The average Bonchev–Trinajstić information content (AvgIpc) is 2.45. The van der Waals surface area contributed by atoms with E-state index in [9.17, 15) is 4.79 Å². The highest BCUT2D eigenvalue weighted by Crippen LogP contribution is 2.35. The second-order valence-corrected chi connectivity index (χ2v) is 5.65. The highest BCUT2D eigenvalue weighted by molar-refractivity contribution is 9.11. The third-order valence-electron chi connectivity index (χ3n) is 3.49. The van der Waals surface area contributed by atoms with Crippen LogP contribution in [0.15, 0.2) is 40.6 Å². The minimum Gasteiger partial charge on any atom is -0.477 e. The lowest BCUT2D eigenvalue weighted by molar-refractivity contribution is -0.143. The number of morpholine rings is 1. The third-order valence-corrected chi connectivity index (χ3v) is 4.41. The lowest BCUT2D eigenvalue weighted by atomic mass is 10.0. The van der Waals surface area contributed by atoms with Crippen LogP contribution in [0.1, 0.15) is 31.9 Å². The SMILES string of the molecule is CC/C(Br)=C1/O[C@H](c2ccccc2)[C@H](C)N(C)C1=O. The molecule has 1 aromatic carbocycles. The number of allylic oxidation sites excluding steroid dienone is 1. The molecule has 2 rings (SSSR count). The van der Waals surface area contributed by atoms with Gasteiger partial charge in [0.05, 0.1) is 6.04 Å². The Hall–Kier alpha value is -1.29. The van der Waals surface area contributed by atoms with Crippen molar-refractivity contribution in [1.82, 2.24) is 4.90 Å². The maximum atomic E-state index is 12.2. The van der Waals surface area contributed by atoms with Crippen LogP contribution in [0.3, 0.4) is 0 Å². The normalized spacial score (nSPS) is 26.1. The molecule has 0 saturated carbocycles. The second kappa shape index (κ2) is 5.78. The molecule has 1 heterocycles. The van der Waals surface area contributed by atoms with Gasteiger partial charge < -0.3 is 9.64 Å². The van der Waals surface area contributed by atoms with Gasteiger partial charge in [0.1, 0.15) is 6.10 Å². The summed E-state index contributed by atoms with van der Waals surface area (Å²) in [7, 11) is 1.82. The Labute approximate surface area is 122 Å². The van der Waals surface area contributed by atoms with Gasteiger partial charge in [-0.25, -0.2) is 0 Å². The van der Waals surface area contributed by atoms with Gasteiger partial charge in [0.15, 0.2) is 5.76 Å². The van der Waals surface area contributed by atoms with Crippen LogP contribution in [-0.2, 0) is 9.53 Å². The molecule has 19 heavy (non-hydrogen) atoms. The van der Waals surface area contributed by atoms with Crippen LogP contribution in [0, 0.1) is 0 Å². The Balaban J connectivity index is 2.38. The Kier molecular flexibility index (Phi) is 4.30. The van der Waals surface area contributed by atoms with E-state index in [0.717, 1.165) is 16.5 Å². The van der Waals surface area contributed by atoms with E-state index >= 15 is 0 Å². The molecular weight excluding hydrogens is 306 g/mol. The van der Waals surface area contributed by atoms with Gasteiger partial charge >= 0.3 is 0 Å². The fourth-order valence-corrected chi connectivity index (χ4v) is 2.42. The number of benzene rings is 1. The van der Waals surface area contributed by atoms with E-state index in [4.69, 9.17) is 4.74 Å². The highest BCUT2D eigenvalue weighted by Gasteiger charge is 2.37. The molecule has 1 aromatic rings. The molecule has 0 bridgehead atoms. The number of amides is 1. The standard InChI is InChI=1S/C15H18BrNO2/c1-4-12(16)14-15(18)17(3)10(2)13(19-14)11-8-6-5-7-9-11/h5-10,13H,4H2,1-3H3/b14-12-/t10-,13-/m0/s1. The zero-order valence-corrected chi connectivity index (χ0v) is 13.0. The first kappa shape index (κ1) is 14.1. The molecule has 0 radical (unpaired) electrons. The number of nitrogens with zero attached hydrogens (tertiary/aromatic N) is 1. The molecular formula is C15H18BrNO2. The molecule has 102 valence electrons. The van der Waals surface area contributed by atoms with E-state index in [0.29, 0.717) is 5.76 Å². The van der Waals surface area contributed by atoms with Crippen molar-refractivity contribution in [2.75, 3.05) is 7.05 Å². The molecule has 0 aromatic heterocycles. The first-order valence-electron chi connectivity index (χ1n) is 6.43. The van der Waals surface area contributed by atoms with Crippen LogP contribution in [0.25, 0.3) is 0 Å². The first-order chi connectivity index (χ1) is 9.06. The summed E-state index contributed by atoms with van der Waals surface area (Å²) < 4.78 is 6.78. The van der Waals surface area contributed by atoms with Crippen molar-refractivity contribution in [3.05, 3.63) is 46.1 Å². The highest BCUT2D eigenvalue weighted by atomic mass is 79.9. The van der Waals surface area contributed by atoms with Gasteiger partial charge in [-0.3, -0.25) is 4.79 Å². The lowest BCUT2D eigenvalue weighted by Crippen LogP contribution is -2.46. The van der Waals surface area contributed by atoms with Crippen molar-refractivity contribution >= 4 is 21.8 Å². The molecule has 3 nitrogen and oxygen atoms in total. The Morgan fingerprint density at radius 1 is 1.37 bits per heavy atom. The van der Waals surface area contributed by atoms with Crippen molar-refractivity contribution in [2.24, 2.45) is 0 Å². The van der Waals surface area contributed by atoms with Crippen LogP contribution in [0.2, 0.25) is 0 Å². The topological polar surface area (TPSA) is 29.5 Å². The summed E-state index contributed by atoms with van der Waals surface area (Å²) in [6.45, 7) is 4.00. The van der Waals surface area contributed by atoms with Gasteiger partial charge in [0, 0.05) is 11.5 Å².